The molecule has 126 valence electrons. The molecule has 0 aliphatic rings. The Bertz CT molecular complexity index is 702. The molecule has 0 unspecified atom stereocenters. The Morgan fingerprint density at radius 2 is 1.71 bits per heavy atom. The Kier molecular flexibility index (Phi) is 6.96. The zero-order valence-electron chi connectivity index (χ0n) is 13.3. The molecule has 2 N–H and O–H groups in total. The maximum atomic E-state index is 12.3. The quantitative estimate of drug-likeness (QED) is 0.711. The van der Waals surface area contributed by atoms with Crippen LogP contribution in [0.25, 0.3) is 0 Å². The van der Waals surface area contributed by atoms with Gasteiger partial charge in [-0.15, -0.1) is 0 Å². The number of rotatable bonds is 7. The molecule has 6 heteroatoms. The molecule has 0 saturated heterocycles. The van der Waals surface area contributed by atoms with E-state index in [1.54, 1.807) is 43.5 Å². The first-order valence-electron chi connectivity index (χ1n) is 7.54. The molecule has 0 aliphatic heterocycles. The summed E-state index contributed by atoms with van der Waals surface area (Å²) >= 11 is 3.35. The van der Waals surface area contributed by atoms with Crippen LogP contribution in [0.15, 0.2) is 53.0 Å². The van der Waals surface area contributed by atoms with Crippen LogP contribution >= 0.6 is 15.9 Å². The summed E-state index contributed by atoms with van der Waals surface area (Å²) in [4.78, 5) is 24.4. The standard InChI is InChI=1S/C18H19BrN2O3/c1-24-11-3-10-20-17(22)13-4-2-5-14(12-13)18(23)21-16-8-6-15(19)7-9-16/h2,4-9,12H,3,10-11H2,1H3,(H,20,22)(H,21,23). The number of hydrogen-bond donors (Lipinski definition) is 2. The molecule has 5 nitrogen and oxygen atoms in total. The second-order valence-corrected chi connectivity index (χ2v) is 6.06. The summed E-state index contributed by atoms with van der Waals surface area (Å²) < 4.78 is 5.87. The summed E-state index contributed by atoms with van der Waals surface area (Å²) in [5.41, 5.74) is 1.58. The maximum absolute atomic E-state index is 12.3. The van der Waals surface area contributed by atoms with Gasteiger partial charge in [-0.2, -0.15) is 0 Å². The van der Waals surface area contributed by atoms with Gasteiger partial charge in [-0.3, -0.25) is 9.59 Å². The van der Waals surface area contributed by atoms with Crippen LogP contribution in [-0.4, -0.2) is 32.1 Å². The first-order valence-corrected chi connectivity index (χ1v) is 8.33. The first-order chi connectivity index (χ1) is 11.6. The van der Waals surface area contributed by atoms with E-state index in [2.05, 4.69) is 26.6 Å². The molecule has 0 spiro atoms. The molecular weight excluding hydrogens is 372 g/mol. The fraction of sp³-hybridized carbons (Fsp3) is 0.222. The summed E-state index contributed by atoms with van der Waals surface area (Å²) in [6.07, 6.45) is 0.742. The van der Waals surface area contributed by atoms with Crippen molar-refractivity contribution in [3.05, 3.63) is 64.1 Å². The molecule has 0 heterocycles. The molecule has 24 heavy (non-hydrogen) atoms. The number of carbonyl (C=O) groups is 2. The van der Waals surface area contributed by atoms with E-state index < -0.39 is 0 Å². The molecular formula is C18H19BrN2O3. The highest BCUT2D eigenvalue weighted by atomic mass is 79.9. The van der Waals surface area contributed by atoms with Gasteiger partial charge >= 0.3 is 0 Å². The first kappa shape index (κ1) is 18.2. The summed E-state index contributed by atoms with van der Waals surface area (Å²) in [6.45, 7) is 1.12. The predicted molar refractivity (Wildman–Crippen MR) is 97.4 cm³/mol. The number of hydrogen-bond acceptors (Lipinski definition) is 3. The van der Waals surface area contributed by atoms with E-state index in [0.717, 1.165) is 10.9 Å². The average molecular weight is 391 g/mol. The van der Waals surface area contributed by atoms with Crippen molar-refractivity contribution in [3.8, 4) is 0 Å². The van der Waals surface area contributed by atoms with Crippen LogP contribution in [0.1, 0.15) is 27.1 Å². The van der Waals surface area contributed by atoms with Gasteiger partial charge in [0, 0.05) is 41.5 Å². The van der Waals surface area contributed by atoms with Crippen molar-refractivity contribution < 1.29 is 14.3 Å². The Hall–Kier alpha value is -2.18. The number of benzene rings is 2. The van der Waals surface area contributed by atoms with Crippen LogP contribution in [-0.2, 0) is 4.74 Å². The summed E-state index contributed by atoms with van der Waals surface area (Å²) in [5.74, 6) is -0.462. The number of anilines is 1. The van der Waals surface area contributed by atoms with Gasteiger partial charge in [0.2, 0.25) is 0 Å². The number of amides is 2. The smallest absolute Gasteiger partial charge is 0.255 e. The molecule has 0 atom stereocenters. The number of ether oxygens (including phenoxy) is 1. The highest BCUT2D eigenvalue weighted by Crippen LogP contribution is 2.15. The lowest BCUT2D eigenvalue weighted by Gasteiger charge is -2.08. The average Bonchev–Trinajstić information content (AvgIpc) is 2.60. The van der Waals surface area contributed by atoms with E-state index in [1.807, 2.05) is 12.1 Å². The van der Waals surface area contributed by atoms with Gasteiger partial charge in [0.05, 0.1) is 0 Å². The van der Waals surface area contributed by atoms with Crippen LogP contribution in [0, 0.1) is 0 Å². The van der Waals surface area contributed by atoms with E-state index in [-0.39, 0.29) is 11.8 Å². The molecule has 0 bridgehead atoms. The number of nitrogens with one attached hydrogen (secondary N) is 2. The van der Waals surface area contributed by atoms with E-state index >= 15 is 0 Å². The Labute approximate surface area is 149 Å². The molecule has 0 radical (unpaired) electrons. The largest absolute Gasteiger partial charge is 0.385 e. The number of methoxy groups -OCH3 is 1. The second-order valence-electron chi connectivity index (χ2n) is 5.14. The van der Waals surface area contributed by atoms with Crippen molar-refractivity contribution in [1.29, 1.82) is 0 Å². The fourth-order valence-corrected chi connectivity index (χ4v) is 2.32. The van der Waals surface area contributed by atoms with E-state index in [4.69, 9.17) is 4.74 Å². The third-order valence-corrected chi connectivity index (χ3v) is 3.83. The van der Waals surface area contributed by atoms with Crippen molar-refractivity contribution in [3.63, 3.8) is 0 Å². The second kappa shape index (κ2) is 9.20. The summed E-state index contributed by atoms with van der Waals surface area (Å²) in [7, 11) is 1.62. The number of halogens is 1. The van der Waals surface area contributed by atoms with Crippen molar-refractivity contribution in [2.75, 3.05) is 25.6 Å². The lowest BCUT2D eigenvalue weighted by molar-refractivity contribution is 0.0948. The lowest BCUT2D eigenvalue weighted by Crippen LogP contribution is -2.25. The van der Waals surface area contributed by atoms with Crippen molar-refractivity contribution in [2.24, 2.45) is 0 Å². The molecule has 0 aromatic heterocycles. The molecule has 2 amide bonds. The zero-order valence-corrected chi connectivity index (χ0v) is 14.9. The van der Waals surface area contributed by atoms with Crippen molar-refractivity contribution in [1.82, 2.24) is 5.32 Å². The SMILES string of the molecule is COCCCNC(=O)c1cccc(C(=O)Nc2ccc(Br)cc2)c1. The van der Waals surface area contributed by atoms with Crippen LogP contribution in [0.4, 0.5) is 5.69 Å². The lowest BCUT2D eigenvalue weighted by atomic mass is 10.1. The van der Waals surface area contributed by atoms with Gasteiger partial charge in [0.25, 0.3) is 11.8 Å². The van der Waals surface area contributed by atoms with Gasteiger partial charge in [-0.05, 0) is 48.9 Å². The minimum absolute atomic E-state index is 0.204. The van der Waals surface area contributed by atoms with Crippen molar-refractivity contribution >= 4 is 33.4 Å². The minimum Gasteiger partial charge on any atom is -0.385 e. The van der Waals surface area contributed by atoms with E-state index in [9.17, 15) is 9.59 Å². The highest BCUT2D eigenvalue weighted by Gasteiger charge is 2.10. The Morgan fingerprint density at radius 1 is 1.04 bits per heavy atom. The van der Waals surface area contributed by atoms with Gasteiger partial charge in [-0.25, -0.2) is 0 Å². The Morgan fingerprint density at radius 3 is 2.38 bits per heavy atom. The zero-order chi connectivity index (χ0) is 17.4. The highest BCUT2D eigenvalue weighted by molar-refractivity contribution is 9.10. The topological polar surface area (TPSA) is 67.4 Å². The van der Waals surface area contributed by atoms with Crippen molar-refractivity contribution in [2.45, 2.75) is 6.42 Å². The molecule has 2 aromatic carbocycles. The molecule has 0 saturated carbocycles. The number of carbonyl (C=O) groups excluding carboxylic acids is 2. The van der Waals surface area contributed by atoms with Crippen LogP contribution in [0.5, 0.6) is 0 Å². The van der Waals surface area contributed by atoms with Gasteiger partial charge < -0.3 is 15.4 Å². The summed E-state index contributed by atoms with van der Waals surface area (Å²) in [6, 6.07) is 13.9. The monoisotopic (exact) mass is 390 g/mol. The third-order valence-electron chi connectivity index (χ3n) is 3.30. The predicted octanol–water partition coefficient (Wildman–Crippen LogP) is 3.47. The van der Waals surface area contributed by atoms with Crippen LogP contribution in [0.3, 0.4) is 0 Å². The fourth-order valence-electron chi connectivity index (χ4n) is 2.06. The van der Waals surface area contributed by atoms with Crippen LogP contribution < -0.4 is 10.6 Å². The van der Waals surface area contributed by atoms with E-state index in [0.29, 0.717) is 30.0 Å². The minimum atomic E-state index is -0.258. The van der Waals surface area contributed by atoms with Gasteiger partial charge in [0.15, 0.2) is 0 Å². The van der Waals surface area contributed by atoms with Gasteiger partial charge in [-0.1, -0.05) is 22.0 Å². The normalized spacial score (nSPS) is 10.2. The summed E-state index contributed by atoms with van der Waals surface area (Å²) in [5, 5.41) is 5.60. The molecule has 0 aliphatic carbocycles. The van der Waals surface area contributed by atoms with Gasteiger partial charge in [0.1, 0.15) is 0 Å². The molecule has 0 fully saturated rings. The van der Waals surface area contributed by atoms with Crippen LogP contribution in [0.2, 0.25) is 0 Å². The van der Waals surface area contributed by atoms with E-state index in [1.165, 1.54) is 0 Å². The molecule has 2 rings (SSSR count). The maximum Gasteiger partial charge on any atom is 0.255 e. The third kappa shape index (κ3) is 5.47. The molecule has 2 aromatic rings. The Balaban J connectivity index is 1.99.